The lowest BCUT2D eigenvalue weighted by Gasteiger charge is -2.20. The van der Waals surface area contributed by atoms with Gasteiger partial charge in [0.1, 0.15) is 18.5 Å². The van der Waals surface area contributed by atoms with Crippen LogP contribution in [0.15, 0.2) is 24.3 Å². The summed E-state index contributed by atoms with van der Waals surface area (Å²) in [5.74, 6) is 0.713. The van der Waals surface area contributed by atoms with Gasteiger partial charge in [-0.3, -0.25) is 0 Å². The van der Waals surface area contributed by atoms with Gasteiger partial charge in [0.05, 0.1) is 6.61 Å². The van der Waals surface area contributed by atoms with Gasteiger partial charge in [-0.05, 0) is 38.2 Å². The summed E-state index contributed by atoms with van der Waals surface area (Å²) in [5, 5.41) is 9.86. The van der Waals surface area contributed by atoms with E-state index in [1.807, 2.05) is 18.9 Å². The fourth-order valence-corrected chi connectivity index (χ4v) is 1.62. The van der Waals surface area contributed by atoms with E-state index in [1.54, 1.807) is 24.3 Å². The molecule has 0 aromatic heterocycles. The largest absolute Gasteiger partial charge is 0.491 e. The van der Waals surface area contributed by atoms with Gasteiger partial charge in [0.25, 0.3) is 0 Å². The predicted octanol–water partition coefficient (Wildman–Crippen LogP) is 0.977. The number of likely N-dealkylation sites (N-methyl/N-ethyl adjacent to an activating group) is 1. The first-order chi connectivity index (χ1) is 9.11. The van der Waals surface area contributed by atoms with E-state index in [1.165, 1.54) is 0 Å². The quantitative estimate of drug-likeness (QED) is 0.516. The zero-order valence-corrected chi connectivity index (χ0v) is 11.7. The number of ether oxygens (including phenoxy) is 2. The minimum Gasteiger partial charge on any atom is -0.491 e. The Morgan fingerprint density at radius 2 is 2.00 bits per heavy atom. The molecule has 0 aliphatic carbocycles. The maximum Gasteiger partial charge on any atom is 0.119 e. The van der Waals surface area contributed by atoms with Crippen molar-refractivity contribution in [1.82, 2.24) is 4.90 Å². The van der Waals surface area contributed by atoms with Crippen molar-refractivity contribution < 1.29 is 14.6 Å². The summed E-state index contributed by atoms with van der Waals surface area (Å²) in [7, 11) is 1.95. The van der Waals surface area contributed by atoms with E-state index in [0.29, 0.717) is 24.6 Å². The van der Waals surface area contributed by atoms with Crippen molar-refractivity contribution in [3.8, 4) is 5.75 Å². The van der Waals surface area contributed by atoms with Crippen molar-refractivity contribution in [2.75, 3.05) is 45.7 Å². The lowest BCUT2D eigenvalue weighted by molar-refractivity contribution is 0.0613. The molecule has 3 N–H and O–H groups in total. The number of anilines is 1. The molecule has 1 atom stereocenters. The summed E-state index contributed by atoms with van der Waals surface area (Å²) < 4.78 is 10.7. The van der Waals surface area contributed by atoms with Crippen molar-refractivity contribution in [2.45, 2.75) is 13.0 Å². The molecular formula is C14H24N2O3. The summed E-state index contributed by atoms with van der Waals surface area (Å²) in [6.45, 7) is 4.99. The molecule has 0 aliphatic rings. The molecule has 0 amide bonds. The first-order valence-corrected chi connectivity index (χ1v) is 6.54. The number of nitrogens with two attached hydrogens (primary N) is 1. The van der Waals surface area contributed by atoms with E-state index < -0.39 is 6.10 Å². The van der Waals surface area contributed by atoms with Gasteiger partial charge in [-0.1, -0.05) is 0 Å². The Morgan fingerprint density at radius 1 is 1.32 bits per heavy atom. The van der Waals surface area contributed by atoms with Crippen LogP contribution in [0.1, 0.15) is 6.92 Å². The van der Waals surface area contributed by atoms with Crippen LogP contribution in [0.4, 0.5) is 5.69 Å². The highest BCUT2D eigenvalue weighted by molar-refractivity contribution is 5.41. The number of nitrogen functional groups attached to an aromatic ring is 1. The molecule has 0 saturated carbocycles. The monoisotopic (exact) mass is 268 g/mol. The second kappa shape index (κ2) is 8.74. The van der Waals surface area contributed by atoms with E-state index >= 15 is 0 Å². The second-order valence-corrected chi connectivity index (χ2v) is 4.49. The van der Waals surface area contributed by atoms with Crippen molar-refractivity contribution in [2.24, 2.45) is 0 Å². The average Bonchev–Trinajstić information content (AvgIpc) is 2.38. The maximum atomic E-state index is 9.86. The normalized spacial score (nSPS) is 12.6. The summed E-state index contributed by atoms with van der Waals surface area (Å²) >= 11 is 0. The highest BCUT2D eigenvalue weighted by Crippen LogP contribution is 2.13. The molecule has 0 bridgehead atoms. The van der Waals surface area contributed by atoms with E-state index in [4.69, 9.17) is 15.2 Å². The zero-order chi connectivity index (χ0) is 14.1. The number of rotatable bonds is 9. The number of hydrogen-bond donors (Lipinski definition) is 2. The van der Waals surface area contributed by atoms with Crippen molar-refractivity contribution in [3.05, 3.63) is 24.3 Å². The van der Waals surface area contributed by atoms with Crippen LogP contribution in [0.5, 0.6) is 5.75 Å². The second-order valence-electron chi connectivity index (χ2n) is 4.49. The Labute approximate surface area is 114 Å². The molecule has 108 valence electrons. The molecule has 0 spiro atoms. The SMILES string of the molecule is CCOCCN(C)CC(O)COc1ccc(N)cc1. The first kappa shape index (κ1) is 15.8. The predicted molar refractivity (Wildman–Crippen MR) is 76.3 cm³/mol. The molecule has 1 aromatic carbocycles. The van der Waals surface area contributed by atoms with Crippen molar-refractivity contribution >= 4 is 5.69 Å². The Hall–Kier alpha value is -1.30. The molecule has 19 heavy (non-hydrogen) atoms. The molecule has 0 fully saturated rings. The van der Waals surface area contributed by atoms with Crippen LogP contribution >= 0.6 is 0 Å². The number of hydrogen-bond acceptors (Lipinski definition) is 5. The third-order valence-corrected chi connectivity index (χ3v) is 2.67. The van der Waals surface area contributed by atoms with E-state index in [-0.39, 0.29) is 6.61 Å². The Morgan fingerprint density at radius 3 is 2.63 bits per heavy atom. The molecule has 0 aliphatic heterocycles. The van der Waals surface area contributed by atoms with Gasteiger partial charge in [-0.15, -0.1) is 0 Å². The zero-order valence-electron chi connectivity index (χ0n) is 11.7. The van der Waals surface area contributed by atoms with Crippen LogP contribution < -0.4 is 10.5 Å². The molecule has 1 unspecified atom stereocenters. The third-order valence-electron chi connectivity index (χ3n) is 2.67. The van der Waals surface area contributed by atoms with Gasteiger partial charge in [0.2, 0.25) is 0 Å². The topological polar surface area (TPSA) is 68.0 Å². The van der Waals surface area contributed by atoms with Crippen LogP contribution in [0.3, 0.4) is 0 Å². The van der Waals surface area contributed by atoms with E-state index in [9.17, 15) is 5.11 Å². The lowest BCUT2D eigenvalue weighted by Crippen LogP contribution is -2.35. The van der Waals surface area contributed by atoms with Gasteiger partial charge >= 0.3 is 0 Å². The standard InChI is InChI=1S/C14H24N2O3/c1-3-18-9-8-16(2)10-13(17)11-19-14-6-4-12(15)5-7-14/h4-7,13,17H,3,8-11,15H2,1-2H3. The van der Waals surface area contributed by atoms with Crippen LogP contribution in [-0.2, 0) is 4.74 Å². The number of aliphatic hydroxyl groups is 1. The van der Waals surface area contributed by atoms with Crippen LogP contribution in [-0.4, -0.2) is 56.1 Å². The van der Waals surface area contributed by atoms with Crippen molar-refractivity contribution in [1.29, 1.82) is 0 Å². The smallest absolute Gasteiger partial charge is 0.119 e. The molecule has 5 nitrogen and oxygen atoms in total. The number of benzene rings is 1. The highest BCUT2D eigenvalue weighted by atomic mass is 16.5. The van der Waals surface area contributed by atoms with Gasteiger partial charge in [-0.25, -0.2) is 0 Å². The number of nitrogens with zero attached hydrogens (tertiary/aromatic N) is 1. The van der Waals surface area contributed by atoms with Crippen LogP contribution in [0.2, 0.25) is 0 Å². The van der Waals surface area contributed by atoms with Crippen LogP contribution in [0, 0.1) is 0 Å². The van der Waals surface area contributed by atoms with Gasteiger partial charge in [0, 0.05) is 25.4 Å². The molecule has 0 saturated heterocycles. The van der Waals surface area contributed by atoms with Gasteiger partial charge in [-0.2, -0.15) is 0 Å². The Kier molecular flexibility index (Phi) is 7.25. The molecule has 1 aromatic rings. The van der Waals surface area contributed by atoms with E-state index in [0.717, 1.165) is 13.2 Å². The molecule has 5 heteroatoms. The summed E-state index contributed by atoms with van der Waals surface area (Å²) in [6, 6.07) is 7.13. The molecule has 0 radical (unpaired) electrons. The highest BCUT2D eigenvalue weighted by Gasteiger charge is 2.09. The third kappa shape index (κ3) is 7.00. The fraction of sp³-hybridized carbons (Fsp3) is 0.571. The Balaban J connectivity index is 2.19. The molecule has 0 heterocycles. The minimum atomic E-state index is -0.524. The van der Waals surface area contributed by atoms with Crippen molar-refractivity contribution in [3.63, 3.8) is 0 Å². The van der Waals surface area contributed by atoms with Gasteiger partial charge in [0.15, 0.2) is 0 Å². The average molecular weight is 268 g/mol. The minimum absolute atomic E-state index is 0.267. The number of aliphatic hydroxyl groups excluding tert-OH is 1. The summed E-state index contributed by atoms with van der Waals surface area (Å²) in [5.41, 5.74) is 6.28. The first-order valence-electron chi connectivity index (χ1n) is 6.54. The van der Waals surface area contributed by atoms with E-state index in [2.05, 4.69) is 0 Å². The summed E-state index contributed by atoms with van der Waals surface area (Å²) in [4.78, 5) is 2.02. The fourth-order valence-electron chi connectivity index (χ4n) is 1.62. The maximum absolute atomic E-state index is 9.86. The van der Waals surface area contributed by atoms with Crippen LogP contribution in [0.25, 0.3) is 0 Å². The molecule has 1 rings (SSSR count). The van der Waals surface area contributed by atoms with Gasteiger partial charge < -0.3 is 25.2 Å². The molecular weight excluding hydrogens is 244 g/mol. The summed E-state index contributed by atoms with van der Waals surface area (Å²) in [6.07, 6.45) is -0.524. The Bertz CT molecular complexity index is 343. The lowest BCUT2D eigenvalue weighted by atomic mass is 10.3.